The molecule has 0 spiro atoms. The van der Waals surface area contributed by atoms with Gasteiger partial charge >= 0.3 is 0 Å². The second-order valence-corrected chi connectivity index (χ2v) is 7.67. The number of halogens is 1. The number of nitrogens with two attached hydrogens (primary N) is 1. The van der Waals surface area contributed by atoms with Gasteiger partial charge in [0.2, 0.25) is 0 Å². The quantitative estimate of drug-likeness (QED) is 0.637. The highest BCUT2D eigenvalue weighted by molar-refractivity contribution is 5.92. The summed E-state index contributed by atoms with van der Waals surface area (Å²) in [5.41, 5.74) is 8.53. The van der Waals surface area contributed by atoms with Crippen molar-refractivity contribution in [1.82, 2.24) is 9.88 Å². The van der Waals surface area contributed by atoms with E-state index in [0.717, 1.165) is 56.9 Å². The smallest absolute Gasteiger partial charge is 0.256 e. The third-order valence-corrected chi connectivity index (χ3v) is 5.67. The molecule has 0 saturated carbocycles. The minimum Gasteiger partial charge on any atom is -0.398 e. The van der Waals surface area contributed by atoms with Crippen LogP contribution >= 0.6 is 0 Å². The third kappa shape index (κ3) is 4.29. The van der Waals surface area contributed by atoms with Crippen molar-refractivity contribution in [3.63, 3.8) is 0 Å². The van der Waals surface area contributed by atoms with Crippen LogP contribution in [0.5, 0.6) is 0 Å². The molecule has 1 aromatic heterocycles. The number of aromatic amines is 1. The van der Waals surface area contributed by atoms with Crippen molar-refractivity contribution in [2.24, 2.45) is 0 Å². The fourth-order valence-corrected chi connectivity index (χ4v) is 4.02. The minimum atomic E-state index is -0.501. The average molecular weight is 405 g/mol. The number of nitriles is 1. The summed E-state index contributed by atoms with van der Waals surface area (Å²) >= 11 is 0. The van der Waals surface area contributed by atoms with E-state index in [1.807, 2.05) is 30.3 Å². The van der Waals surface area contributed by atoms with Crippen LogP contribution in [-0.4, -0.2) is 42.6 Å². The molecule has 2 aromatic carbocycles. The number of rotatable bonds is 5. The van der Waals surface area contributed by atoms with Crippen LogP contribution in [0.25, 0.3) is 10.8 Å². The average Bonchev–Trinajstić information content (AvgIpc) is 2.75. The molecule has 0 bridgehead atoms. The summed E-state index contributed by atoms with van der Waals surface area (Å²) < 4.78 is 13.5. The number of benzene rings is 2. The fourth-order valence-electron chi connectivity index (χ4n) is 4.02. The maximum absolute atomic E-state index is 13.5. The summed E-state index contributed by atoms with van der Waals surface area (Å²) in [6.07, 6.45) is 1.65. The number of hydrogen-bond acceptors (Lipinski definition) is 5. The molecule has 0 amide bonds. The van der Waals surface area contributed by atoms with Crippen LogP contribution in [-0.2, 0) is 6.42 Å². The standard InChI is InChI=1S/C23H24FN5O/c24-17-12-21-20(22(26)13-17)14-18(27-23(21)30)2-1-7-28-8-10-29(11-9-28)19-5-3-16(15-25)4-6-19/h3-6,12-14H,1-2,7-11,26H2,(H,27,30). The molecule has 0 atom stereocenters. The predicted octanol–water partition coefficient (Wildman–Crippen LogP) is 2.88. The van der Waals surface area contributed by atoms with E-state index in [9.17, 15) is 9.18 Å². The van der Waals surface area contributed by atoms with Crippen molar-refractivity contribution in [2.75, 3.05) is 43.4 Å². The first-order chi connectivity index (χ1) is 14.5. The predicted molar refractivity (Wildman–Crippen MR) is 117 cm³/mol. The number of pyridine rings is 1. The lowest BCUT2D eigenvalue weighted by Crippen LogP contribution is -2.46. The fraction of sp³-hybridized carbons (Fsp3) is 0.304. The Balaban J connectivity index is 1.31. The van der Waals surface area contributed by atoms with Crippen LogP contribution in [0.1, 0.15) is 17.7 Å². The summed E-state index contributed by atoms with van der Waals surface area (Å²) in [5.74, 6) is -0.501. The number of nitrogen functional groups attached to an aromatic ring is 1. The largest absolute Gasteiger partial charge is 0.398 e. The van der Waals surface area contributed by atoms with Crippen molar-refractivity contribution < 1.29 is 4.39 Å². The number of piperazine rings is 1. The Kier molecular flexibility index (Phi) is 5.68. The Morgan fingerprint density at radius 2 is 1.80 bits per heavy atom. The highest BCUT2D eigenvalue weighted by Crippen LogP contribution is 2.21. The zero-order valence-electron chi connectivity index (χ0n) is 16.7. The lowest BCUT2D eigenvalue weighted by molar-refractivity contribution is 0.255. The monoisotopic (exact) mass is 405 g/mol. The molecule has 0 aliphatic carbocycles. The number of fused-ring (bicyclic) bond motifs is 1. The molecule has 1 fully saturated rings. The number of nitrogens with one attached hydrogen (secondary N) is 1. The molecule has 1 saturated heterocycles. The van der Waals surface area contributed by atoms with Gasteiger partial charge in [-0.05, 0) is 61.9 Å². The molecular formula is C23H24FN5O. The van der Waals surface area contributed by atoms with E-state index in [1.165, 1.54) is 12.1 Å². The highest BCUT2D eigenvalue weighted by atomic mass is 19.1. The van der Waals surface area contributed by atoms with E-state index in [2.05, 4.69) is 20.9 Å². The van der Waals surface area contributed by atoms with Crippen molar-refractivity contribution in [3.8, 4) is 6.07 Å². The Hall–Kier alpha value is -3.37. The van der Waals surface area contributed by atoms with E-state index in [0.29, 0.717) is 10.9 Å². The van der Waals surface area contributed by atoms with Crippen molar-refractivity contribution in [3.05, 3.63) is 69.9 Å². The molecule has 3 N–H and O–H groups in total. The molecule has 3 aromatic rings. The zero-order chi connectivity index (χ0) is 21.1. The molecule has 7 heteroatoms. The number of anilines is 2. The number of hydrogen-bond donors (Lipinski definition) is 2. The van der Waals surface area contributed by atoms with E-state index in [-0.39, 0.29) is 16.6 Å². The molecular weight excluding hydrogens is 381 g/mol. The van der Waals surface area contributed by atoms with Gasteiger partial charge in [-0.3, -0.25) is 9.69 Å². The molecule has 154 valence electrons. The van der Waals surface area contributed by atoms with Gasteiger partial charge in [0.15, 0.2) is 0 Å². The number of aromatic nitrogens is 1. The summed E-state index contributed by atoms with van der Waals surface area (Å²) in [4.78, 5) is 19.9. The summed E-state index contributed by atoms with van der Waals surface area (Å²) in [6, 6.07) is 14.2. The molecule has 0 unspecified atom stereocenters. The van der Waals surface area contributed by atoms with Crippen LogP contribution in [0, 0.1) is 17.1 Å². The second-order valence-electron chi connectivity index (χ2n) is 7.67. The van der Waals surface area contributed by atoms with Crippen molar-refractivity contribution in [2.45, 2.75) is 12.8 Å². The maximum atomic E-state index is 13.5. The van der Waals surface area contributed by atoms with Crippen LogP contribution in [0.3, 0.4) is 0 Å². The van der Waals surface area contributed by atoms with Gasteiger partial charge in [0.05, 0.1) is 17.0 Å². The number of H-pyrrole nitrogens is 1. The van der Waals surface area contributed by atoms with Crippen LogP contribution in [0.2, 0.25) is 0 Å². The Labute approximate surface area is 174 Å². The molecule has 6 nitrogen and oxygen atoms in total. The second kappa shape index (κ2) is 8.56. The molecule has 0 radical (unpaired) electrons. The van der Waals surface area contributed by atoms with Gasteiger partial charge in [0.1, 0.15) is 5.82 Å². The summed E-state index contributed by atoms with van der Waals surface area (Å²) in [5, 5.41) is 9.81. The first-order valence-electron chi connectivity index (χ1n) is 10.1. The van der Waals surface area contributed by atoms with Crippen LogP contribution in [0.4, 0.5) is 15.8 Å². The SMILES string of the molecule is N#Cc1ccc(N2CCN(CCCc3cc4c(N)cc(F)cc4c(=O)[nH]3)CC2)cc1. The van der Waals surface area contributed by atoms with E-state index < -0.39 is 5.82 Å². The van der Waals surface area contributed by atoms with Gasteiger partial charge in [0, 0.05) is 48.6 Å². The molecule has 30 heavy (non-hydrogen) atoms. The van der Waals surface area contributed by atoms with E-state index in [1.54, 1.807) is 0 Å². The van der Waals surface area contributed by atoms with E-state index >= 15 is 0 Å². The molecule has 1 aliphatic heterocycles. The van der Waals surface area contributed by atoms with E-state index in [4.69, 9.17) is 11.0 Å². The highest BCUT2D eigenvalue weighted by Gasteiger charge is 2.17. The van der Waals surface area contributed by atoms with Gasteiger partial charge in [-0.25, -0.2) is 4.39 Å². The van der Waals surface area contributed by atoms with Crippen molar-refractivity contribution in [1.29, 1.82) is 5.26 Å². The number of nitrogens with zero attached hydrogens (tertiary/aromatic N) is 3. The normalized spacial score (nSPS) is 14.7. The first-order valence-corrected chi connectivity index (χ1v) is 10.1. The van der Waals surface area contributed by atoms with Crippen molar-refractivity contribution >= 4 is 22.1 Å². The topological polar surface area (TPSA) is 89.2 Å². The molecule has 2 heterocycles. The Morgan fingerprint density at radius 3 is 2.50 bits per heavy atom. The summed E-state index contributed by atoms with van der Waals surface area (Å²) in [7, 11) is 0. The third-order valence-electron chi connectivity index (χ3n) is 5.67. The lowest BCUT2D eigenvalue weighted by atomic mass is 10.1. The van der Waals surface area contributed by atoms with Gasteiger partial charge in [-0.1, -0.05) is 0 Å². The minimum absolute atomic E-state index is 0.287. The van der Waals surface area contributed by atoms with Gasteiger partial charge < -0.3 is 15.6 Å². The lowest BCUT2D eigenvalue weighted by Gasteiger charge is -2.36. The van der Waals surface area contributed by atoms with Gasteiger partial charge in [0.25, 0.3) is 5.56 Å². The van der Waals surface area contributed by atoms with Crippen LogP contribution < -0.4 is 16.2 Å². The number of aryl methyl sites for hydroxylation is 1. The molecule has 4 rings (SSSR count). The molecule has 1 aliphatic rings. The summed E-state index contributed by atoms with van der Waals surface area (Å²) in [6.45, 7) is 4.78. The Bertz CT molecular complexity index is 1140. The first kappa shape index (κ1) is 19.9. The maximum Gasteiger partial charge on any atom is 0.256 e. The van der Waals surface area contributed by atoms with Crippen LogP contribution in [0.15, 0.2) is 47.3 Å². The Morgan fingerprint density at radius 1 is 1.07 bits per heavy atom. The zero-order valence-corrected chi connectivity index (χ0v) is 16.7. The van der Waals surface area contributed by atoms with Gasteiger partial charge in [-0.15, -0.1) is 0 Å². The van der Waals surface area contributed by atoms with Gasteiger partial charge in [-0.2, -0.15) is 5.26 Å².